The number of hydrogen-bond donors (Lipinski definition) is 0. The third-order valence-electron chi connectivity index (χ3n) is 7.24. The third-order valence-corrected chi connectivity index (χ3v) is 7.24. The fourth-order valence-electron chi connectivity index (χ4n) is 5.48. The van der Waals surface area contributed by atoms with Crippen molar-refractivity contribution in [1.82, 2.24) is 9.47 Å². The van der Waals surface area contributed by atoms with Crippen LogP contribution in [0.4, 0.5) is 0 Å². The van der Waals surface area contributed by atoms with Gasteiger partial charge < -0.3 is 9.47 Å². The fourth-order valence-corrected chi connectivity index (χ4v) is 5.48. The van der Waals surface area contributed by atoms with Gasteiger partial charge in [0, 0.05) is 42.1 Å². The molecule has 158 valence electrons. The molecule has 3 heteroatoms. The number of hydrogen-bond acceptors (Lipinski definition) is 1. The fraction of sp³-hybridized carbons (Fsp3) is 0.207. The van der Waals surface area contributed by atoms with Crippen molar-refractivity contribution in [3.63, 3.8) is 0 Å². The first-order valence-corrected chi connectivity index (χ1v) is 11.4. The summed E-state index contributed by atoms with van der Waals surface area (Å²) in [5.74, 6) is 0.151. The summed E-state index contributed by atoms with van der Waals surface area (Å²) in [6, 6.07) is 27.4. The zero-order valence-electron chi connectivity index (χ0n) is 18.1. The van der Waals surface area contributed by atoms with Gasteiger partial charge >= 0.3 is 0 Å². The van der Waals surface area contributed by atoms with Crippen LogP contribution < -0.4 is 0 Å². The molecule has 1 amide bonds. The molecule has 3 nitrogen and oxygen atoms in total. The average Bonchev–Trinajstić information content (AvgIpc) is 3.39. The second kappa shape index (κ2) is 7.52. The second-order valence-electron chi connectivity index (χ2n) is 9.04. The van der Waals surface area contributed by atoms with E-state index < -0.39 is 0 Å². The molecule has 6 rings (SSSR count). The average molecular weight is 419 g/mol. The Kier molecular flexibility index (Phi) is 4.50. The van der Waals surface area contributed by atoms with E-state index in [0.717, 1.165) is 48.9 Å². The number of benzene rings is 3. The van der Waals surface area contributed by atoms with E-state index in [1.807, 2.05) is 18.2 Å². The minimum absolute atomic E-state index is 0.0919. The first kappa shape index (κ1) is 19.1. The topological polar surface area (TPSA) is 25.2 Å². The molecule has 4 aromatic rings. The van der Waals surface area contributed by atoms with E-state index >= 15 is 0 Å². The number of carbonyl (C=O) groups is 1. The van der Waals surface area contributed by atoms with E-state index in [1.54, 1.807) is 0 Å². The molecule has 2 aliphatic rings. The summed E-state index contributed by atoms with van der Waals surface area (Å²) in [4.78, 5) is 15.7. The molecule has 1 aliphatic carbocycles. The second-order valence-corrected chi connectivity index (χ2v) is 9.04. The van der Waals surface area contributed by atoms with Crippen LogP contribution in [0.2, 0.25) is 0 Å². The Morgan fingerprint density at radius 2 is 1.56 bits per heavy atom. The van der Waals surface area contributed by atoms with Gasteiger partial charge in [0.2, 0.25) is 0 Å². The van der Waals surface area contributed by atoms with Gasteiger partial charge in [0.15, 0.2) is 0 Å². The van der Waals surface area contributed by atoms with Crippen molar-refractivity contribution in [2.75, 3.05) is 13.1 Å². The van der Waals surface area contributed by atoms with Gasteiger partial charge in [-0.3, -0.25) is 4.79 Å². The van der Waals surface area contributed by atoms with Crippen LogP contribution in [0, 0.1) is 0 Å². The Balaban J connectivity index is 1.27. The number of para-hydroxylation sites is 1. The van der Waals surface area contributed by atoms with Crippen molar-refractivity contribution in [2.45, 2.75) is 24.8 Å². The number of aromatic nitrogens is 1. The zero-order valence-corrected chi connectivity index (χ0v) is 18.1. The summed E-state index contributed by atoms with van der Waals surface area (Å²) in [6.07, 6.45) is 8.63. The molecule has 1 spiro atoms. The molecule has 1 fully saturated rings. The van der Waals surface area contributed by atoms with Crippen molar-refractivity contribution >= 4 is 22.9 Å². The number of piperidine rings is 1. The number of allylic oxidation sites excluding steroid dienone is 1. The van der Waals surface area contributed by atoms with Gasteiger partial charge in [0.1, 0.15) is 0 Å². The Labute approximate surface area is 188 Å². The highest BCUT2D eigenvalue weighted by atomic mass is 16.2. The lowest BCUT2D eigenvalue weighted by Crippen LogP contribution is -2.43. The van der Waals surface area contributed by atoms with Crippen LogP contribution in [0.25, 0.3) is 17.0 Å². The number of nitrogens with zero attached hydrogens (tertiary/aromatic N) is 2. The number of amides is 1. The smallest absolute Gasteiger partial charge is 0.256 e. The molecular formula is C29H26N2O. The summed E-state index contributed by atoms with van der Waals surface area (Å²) in [5, 5.41) is 1.04. The number of fused-ring (bicyclic) bond motifs is 3. The Hall–Kier alpha value is -3.59. The summed E-state index contributed by atoms with van der Waals surface area (Å²) in [6.45, 7) is 2.34. The minimum atomic E-state index is 0.0919. The van der Waals surface area contributed by atoms with Gasteiger partial charge in [-0.15, -0.1) is 0 Å². The molecule has 3 aromatic carbocycles. The standard InChI is InChI=1S/C29H26N2O/c32-28(30-18-16-29(17-19-30)15-14-23-10-4-6-12-26(23)29)25-21-31(20-22-8-2-1-3-9-22)27-13-7-5-11-24(25)27/h1-15,21H,16-20H2. The molecule has 32 heavy (non-hydrogen) atoms. The summed E-state index contributed by atoms with van der Waals surface area (Å²) < 4.78 is 2.21. The normalized spacial score (nSPS) is 16.6. The summed E-state index contributed by atoms with van der Waals surface area (Å²) >= 11 is 0. The molecule has 0 bridgehead atoms. The molecule has 1 saturated heterocycles. The van der Waals surface area contributed by atoms with E-state index in [-0.39, 0.29) is 11.3 Å². The van der Waals surface area contributed by atoms with Crippen LogP contribution >= 0.6 is 0 Å². The van der Waals surface area contributed by atoms with Gasteiger partial charge in [-0.1, -0.05) is 84.9 Å². The van der Waals surface area contributed by atoms with E-state index in [0.29, 0.717) is 0 Å². The van der Waals surface area contributed by atoms with Gasteiger partial charge in [0.25, 0.3) is 5.91 Å². The van der Waals surface area contributed by atoms with Crippen LogP contribution in [-0.4, -0.2) is 28.5 Å². The molecule has 0 unspecified atom stereocenters. The van der Waals surface area contributed by atoms with Crippen LogP contribution in [-0.2, 0) is 12.0 Å². The van der Waals surface area contributed by atoms with Crippen LogP contribution in [0.3, 0.4) is 0 Å². The number of likely N-dealkylation sites (tertiary alicyclic amines) is 1. The van der Waals surface area contributed by atoms with Gasteiger partial charge in [-0.2, -0.15) is 0 Å². The predicted molar refractivity (Wildman–Crippen MR) is 130 cm³/mol. The van der Waals surface area contributed by atoms with Gasteiger partial charge in [0.05, 0.1) is 5.56 Å². The Bertz CT molecular complexity index is 1320. The van der Waals surface area contributed by atoms with E-state index in [9.17, 15) is 4.79 Å². The van der Waals surface area contributed by atoms with E-state index in [1.165, 1.54) is 16.7 Å². The summed E-state index contributed by atoms with van der Waals surface area (Å²) in [7, 11) is 0. The largest absolute Gasteiger partial charge is 0.342 e. The molecule has 0 N–H and O–H groups in total. The van der Waals surface area contributed by atoms with Crippen molar-refractivity contribution < 1.29 is 4.79 Å². The van der Waals surface area contributed by atoms with Crippen molar-refractivity contribution in [3.05, 3.63) is 113 Å². The van der Waals surface area contributed by atoms with Crippen LogP contribution in [0.15, 0.2) is 91.1 Å². The highest BCUT2D eigenvalue weighted by Crippen LogP contribution is 2.43. The van der Waals surface area contributed by atoms with Gasteiger partial charge in [-0.05, 0) is 35.6 Å². The van der Waals surface area contributed by atoms with E-state index in [2.05, 4.69) is 88.5 Å². The molecule has 1 aliphatic heterocycles. The van der Waals surface area contributed by atoms with Crippen molar-refractivity contribution in [2.24, 2.45) is 0 Å². The number of carbonyl (C=O) groups excluding carboxylic acids is 1. The number of rotatable bonds is 3. The molecule has 0 saturated carbocycles. The Morgan fingerprint density at radius 1 is 0.844 bits per heavy atom. The molecule has 0 radical (unpaired) electrons. The maximum Gasteiger partial charge on any atom is 0.256 e. The first-order chi connectivity index (χ1) is 15.7. The first-order valence-electron chi connectivity index (χ1n) is 11.4. The maximum absolute atomic E-state index is 13.6. The van der Waals surface area contributed by atoms with Crippen LogP contribution in [0.1, 0.15) is 39.9 Å². The van der Waals surface area contributed by atoms with Crippen LogP contribution in [0.5, 0.6) is 0 Å². The molecule has 0 atom stereocenters. The summed E-state index contributed by atoms with van der Waals surface area (Å²) in [5.41, 5.74) is 6.01. The Morgan fingerprint density at radius 3 is 2.41 bits per heavy atom. The van der Waals surface area contributed by atoms with Gasteiger partial charge in [-0.25, -0.2) is 0 Å². The maximum atomic E-state index is 13.6. The lowest BCUT2D eigenvalue weighted by molar-refractivity contribution is 0.0692. The molecule has 1 aromatic heterocycles. The third kappa shape index (κ3) is 3.08. The minimum Gasteiger partial charge on any atom is -0.342 e. The lowest BCUT2D eigenvalue weighted by Gasteiger charge is -2.39. The SMILES string of the molecule is O=C(c1cn(Cc2ccccc2)c2ccccc12)N1CCC2(C=Cc3ccccc32)CC1. The highest BCUT2D eigenvalue weighted by Gasteiger charge is 2.39. The zero-order chi connectivity index (χ0) is 21.5. The van der Waals surface area contributed by atoms with Crippen molar-refractivity contribution in [3.8, 4) is 0 Å². The highest BCUT2D eigenvalue weighted by molar-refractivity contribution is 6.07. The van der Waals surface area contributed by atoms with E-state index in [4.69, 9.17) is 0 Å². The van der Waals surface area contributed by atoms with Crippen molar-refractivity contribution in [1.29, 1.82) is 0 Å². The lowest BCUT2D eigenvalue weighted by atomic mass is 9.74. The predicted octanol–water partition coefficient (Wildman–Crippen LogP) is 5.89. The molecular weight excluding hydrogens is 392 g/mol. The monoisotopic (exact) mass is 418 g/mol. The quantitative estimate of drug-likeness (QED) is 0.407. The molecule has 2 heterocycles.